The maximum Gasteiger partial charge on any atom is 0.201 e. The first-order chi connectivity index (χ1) is 19.1. The number of aromatic nitrogens is 2. The van der Waals surface area contributed by atoms with Crippen molar-refractivity contribution in [2.75, 3.05) is 66.2 Å². The average Bonchev–Trinajstić information content (AvgIpc) is 2.93. The van der Waals surface area contributed by atoms with Gasteiger partial charge in [0.05, 0.1) is 41.6 Å². The Hall–Kier alpha value is -3.63. The highest BCUT2D eigenvalue weighted by atomic mass is 35.5. The third kappa shape index (κ3) is 7.04. The molecule has 42 heavy (non-hydrogen) atoms. The number of hydrogen-bond donors (Lipinski definition) is 0. The number of rotatable bonds is 2. The van der Waals surface area contributed by atoms with E-state index in [0.29, 0.717) is 0 Å². The molecule has 0 atom stereocenters. The quantitative estimate of drug-likeness (QED) is 0.215. The molecule has 220 valence electrons. The van der Waals surface area contributed by atoms with Crippen LogP contribution in [0.25, 0.3) is 41.6 Å². The molecular weight excluding hydrogens is 584 g/mol. The van der Waals surface area contributed by atoms with E-state index in [9.17, 15) is 0 Å². The van der Waals surface area contributed by atoms with Gasteiger partial charge in [0.1, 0.15) is 28.2 Å². The zero-order valence-electron chi connectivity index (χ0n) is 25.3. The molecule has 2 aromatic carbocycles. The minimum absolute atomic E-state index is 0. The summed E-state index contributed by atoms with van der Waals surface area (Å²) < 4.78 is 6.68. The largest absolute Gasteiger partial charge is 1.00 e. The molecule has 0 bridgehead atoms. The molecule has 0 unspecified atom stereocenters. The predicted octanol–water partition coefficient (Wildman–Crippen LogP) is 1.18. The van der Waals surface area contributed by atoms with E-state index in [1.165, 1.54) is 41.2 Å². The van der Waals surface area contributed by atoms with Crippen molar-refractivity contribution < 1.29 is 17.9 Å². The molecule has 0 fully saturated rings. The van der Waals surface area contributed by atoms with E-state index in [2.05, 4.69) is 148 Å². The van der Waals surface area contributed by atoms with Crippen LogP contribution in [-0.2, 0) is 0 Å². The van der Waals surface area contributed by atoms with Crippen LogP contribution in [0.15, 0.2) is 72.8 Å². The van der Waals surface area contributed by atoms with Crippen molar-refractivity contribution >= 4 is 54.5 Å². The van der Waals surface area contributed by atoms with Gasteiger partial charge in [-0.3, -0.25) is 0 Å². The highest BCUT2D eigenvalue weighted by molar-refractivity contribution is 7.21. The second-order valence-electron chi connectivity index (χ2n) is 10.6. The summed E-state index contributed by atoms with van der Waals surface area (Å²) >= 11 is 3.60. The topological polar surface area (TPSA) is 69.8 Å². The van der Waals surface area contributed by atoms with E-state index < -0.39 is 0 Å². The molecule has 10 heteroatoms. The smallest absolute Gasteiger partial charge is 0.201 e. The van der Waals surface area contributed by atoms with Crippen molar-refractivity contribution in [3.63, 3.8) is 0 Å². The van der Waals surface area contributed by atoms with Crippen molar-refractivity contribution in [2.24, 2.45) is 0 Å². The fourth-order valence-corrected chi connectivity index (χ4v) is 6.38. The molecule has 0 spiro atoms. The first-order valence-electron chi connectivity index (χ1n) is 13.1. The number of anilines is 2. The monoisotopic (exact) mass is 621 g/mol. The molecule has 6 rings (SSSR count). The molecule has 2 aliphatic carbocycles. The van der Waals surface area contributed by atoms with E-state index in [0.717, 1.165) is 22.4 Å². The van der Waals surface area contributed by atoms with Crippen LogP contribution in [0.4, 0.5) is 11.4 Å². The van der Waals surface area contributed by atoms with Crippen LogP contribution in [0.1, 0.15) is 0 Å². The van der Waals surface area contributed by atoms with Gasteiger partial charge in [-0.1, -0.05) is 0 Å². The van der Waals surface area contributed by atoms with Gasteiger partial charge in [-0.25, -0.2) is 19.1 Å². The Labute approximate surface area is 261 Å². The van der Waals surface area contributed by atoms with E-state index in [1.807, 2.05) is 0 Å². The fraction of sp³-hybridized carbons (Fsp3) is 0.250. The van der Waals surface area contributed by atoms with Crippen LogP contribution in [0, 0.1) is 0 Å². The maximum atomic E-state index is 4.75. The molecule has 0 saturated carbocycles. The first-order valence-corrected chi connectivity index (χ1v) is 14.8. The summed E-state index contributed by atoms with van der Waals surface area (Å²) in [7, 11) is 16.5. The van der Waals surface area contributed by atoms with Crippen molar-refractivity contribution in [1.29, 1.82) is 0 Å². The number of halogens is 1. The van der Waals surface area contributed by atoms with Crippen LogP contribution in [0.2, 0.25) is 0 Å². The third-order valence-corrected chi connectivity index (χ3v) is 8.95. The van der Waals surface area contributed by atoms with E-state index in [-0.39, 0.29) is 17.9 Å². The van der Waals surface area contributed by atoms with Crippen molar-refractivity contribution in [3.8, 4) is 21.1 Å². The Kier molecular flexibility index (Phi) is 10.6. The molecule has 0 saturated heterocycles. The lowest BCUT2D eigenvalue weighted by Gasteiger charge is -2.13. The predicted molar refractivity (Wildman–Crippen MR) is 179 cm³/mol. The van der Waals surface area contributed by atoms with Gasteiger partial charge in [-0.2, -0.15) is 0 Å². The van der Waals surface area contributed by atoms with Crippen LogP contribution in [0.3, 0.4) is 0 Å². The zero-order valence-corrected chi connectivity index (χ0v) is 27.7. The molecule has 4 aliphatic rings. The Bertz CT molecular complexity index is 1780. The molecule has 0 radical (unpaired) electrons. The van der Waals surface area contributed by atoms with Crippen LogP contribution >= 0.6 is 22.7 Å². The highest BCUT2D eigenvalue weighted by Crippen LogP contribution is 2.32. The molecule has 2 aliphatic heterocycles. The third-order valence-electron chi connectivity index (χ3n) is 6.76. The van der Waals surface area contributed by atoms with E-state index >= 15 is 0 Å². The lowest BCUT2D eigenvalue weighted by atomic mass is 10.2. The zero-order chi connectivity index (χ0) is 28.6. The minimum atomic E-state index is 0. The van der Waals surface area contributed by atoms with Crippen LogP contribution < -0.4 is 42.1 Å². The van der Waals surface area contributed by atoms with Gasteiger partial charge in [0, 0.05) is 63.8 Å². The highest BCUT2D eigenvalue weighted by Gasteiger charge is 2.11. The average molecular weight is 622 g/mol. The molecule has 2 aromatic rings. The normalized spacial score (nSPS) is 10.5. The van der Waals surface area contributed by atoms with Gasteiger partial charge >= 0.3 is 0 Å². The van der Waals surface area contributed by atoms with Gasteiger partial charge < -0.3 is 27.7 Å². The van der Waals surface area contributed by atoms with E-state index in [1.54, 1.807) is 22.7 Å². The number of nitrogens with zero attached hydrogens (tertiary/aromatic N) is 6. The van der Waals surface area contributed by atoms with Gasteiger partial charge in [0.15, 0.2) is 0 Å². The summed E-state index contributed by atoms with van der Waals surface area (Å²) in [6.45, 7) is 0. The van der Waals surface area contributed by atoms with Crippen LogP contribution in [0.5, 0.6) is 0 Å². The first kappa shape index (κ1) is 32.9. The number of fused-ring (bicyclic) bond motifs is 4. The molecular formula is C32H38ClN6OS2+. The summed E-state index contributed by atoms with van der Waals surface area (Å²) in [6, 6.07) is 25.7. The SMILES string of the molecule is CN(C)c1ccc2nc3ccc(=[N+](C)C)cc-3sc2c1.CN(C)c1ccc2nc3ccc(=[N+](C)C)cc-3sc2c1.O.[Cl-]. The van der Waals surface area contributed by atoms with E-state index in [4.69, 9.17) is 9.97 Å². The molecule has 7 nitrogen and oxygen atoms in total. The van der Waals surface area contributed by atoms with Gasteiger partial charge in [0.25, 0.3) is 0 Å². The number of benzene rings is 4. The Morgan fingerprint density at radius 2 is 0.929 bits per heavy atom. The van der Waals surface area contributed by atoms with Gasteiger partial charge in [-0.15, -0.1) is 22.7 Å². The molecule has 0 aromatic heterocycles. The summed E-state index contributed by atoms with van der Waals surface area (Å²) in [6.07, 6.45) is 0. The summed E-state index contributed by atoms with van der Waals surface area (Å²) in [5.74, 6) is 0. The second kappa shape index (κ2) is 13.6. The van der Waals surface area contributed by atoms with Gasteiger partial charge in [0.2, 0.25) is 10.7 Å². The minimum Gasteiger partial charge on any atom is -1.00 e. The lowest BCUT2D eigenvalue weighted by molar-refractivity contribution is -0.00000937. The maximum absolute atomic E-state index is 4.75. The summed E-state index contributed by atoms with van der Waals surface area (Å²) in [5, 5.41) is 2.41. The Balaban J connectivity index is 0.000000220. The summed E-state index contributed by atoms with van der Waals surface area (Å²) in [4.78, 5) is 16.2. The Morgan fingerprint density at radius 1 is 0.548 bits per heavy atom. The van der Waals surface area contributed by atoms with Crippen LogP contribution in [-0.4, -0.2) is 71.8 Å². The van der Waals surface area contributed by atoms with Crippen molar-refractivity contribution in [3.05, 3.63) is 83.5 Å². The standard InChI is InChI=1S/2C16H18N3S.ClH.H2O/c2*1-18(2)11-5-7-13-15(9-11)20-16-10-12(19(3)4)6-8-14(16)17-13;;/h2*5-10H,1-4H3;1H;1H2/q2*+1;;/p-1. The fourth-order valence-electron chi connectivity index (χ4n) is 4.32. The lowest BCUT2D eigenvalue weighted by Crippen LogP contribution is -3.00. The second-order valence-corrected chi connectivity index (χ2v) is 12.8. The molecule has 2 N–H and O–H groups in total. The number of hydrogen-bond acceptors (Lipinski definition) is 6. The molecule has 0 amide bonds. The van der Waals surface area contributed by atoms with Crippen molar-refractivity contribution in [1.82, 2.24) is 19.1 Å². The van der Waals surface area contributed by atoms with Gasteiger partial charge in [-0.05, 0) is 48.5 Å². The molecule has 2 heterocycles. The summed E-state index contributed by atoms with van der Waals surface area (Å²) in [5.41, 5.74) is 6.66. The van der Waals surface area contributed by atoms with Crippen molar-refractivity contribution in [2.45, 2.75) is 0 Å². The Morgan fingerprint density at radius 3 is 1.26 bits per heavy atom.